The summed E-state index contributed by atoms with van der Waals surface area (Å²) in [6.45, 7) is 0.983. The fourth-order valence-electron chi connectivity index (χ4n) is 3.70. The maximum absolute atomic E-state index is 13.9. The molecule has 1 aliphatic carbocycles. The first-order chi connectivity index (χ1) is 12.7. The molecule has 1 aliphatic heterocycles. The second-order valence-corrected chi connectivity index (χ2v) is 6.71. The molecule has 2 aromatic rings. The van der Waals surface area contributed by atoms with Gasteiger partial charge in [0.1, 0.15) is 0 Å². The number of halogens is 3. The number of carbonyl (C=O) groups is 2. The lowest BCUT2D eigenvalue weighted by Crippen LogP contribution is -2.43. The Kier molecular flexibility index (Phi) is 3.61. The van der Waals surface area contributed by atoms with Crippen molar-refractivity contribution in [2.24, 2.45) is 5.73 Å². The highest BCUT2D eigenvalue weighted by molar-refractivity contribution is 6.06. The van der Waals surface area contributed by atoms with Crippen molar-refractivity contribution in [3.8, 4) is 11.1 Å². The van der Waals surface area contributed by atoms with Gasteiger partial charge in [0.25, 0.3) is 5.91 Å². The molecule has 1 fully saturated rings. The molecule has 5 nitrogen and oxygen atoms in total. The van der Waals surface area contributed by atoms with Crippen molar-refractivity contribution in [3.63, 3.8) is 0 Å². The lowest BCUT2D eigenvalue weighted by Gasteiger charge is -2.32. The second-order valence-electron chi connectivity index (χ2n) is 6.71. The zero-order valence-electron chi connectivity index (χ0n) is 14.0. The molecular weight excluding hydrogens is 361 g/mol. The molecule has 1 heterocycles. The van der Waals surface area contributed by atoms with Crippen LogP contribution in [0.4, 0.5) is 13.2 Å². The molecule has 0 saturated carbocycles. The Bertz CT molecular complexity index is 983. The van der Waals surface area contributed by atoms with E-state index in [1.54, 1.807) is 0 Å². The summed E-state index contributed by atoms with van der Waals surface area (Å²) in [5, 5.41) is 10.8. The van der Waals surface area contributed by atoms with E-state index >= 15 is 0 Å². The second kappa shape index (κ2) is 5.56. The number of carbonyl (C=O) groups excluding carboxylic acids is 2. The Morgan fingerprint density at radius 2 is 1.78 bits per heavy atom. The van der Waals surface area contributed by atoms with E-state index in [0.717, 1.165) is 18.6 Å². The molecule has 3 N–H and O–H groups in total. The first-order valence-corrected chi connectivity index (χ1v) is 8.33. The van der Waals surface area contributed by atoms with Crippen molar-refractivity contribution < 1.29 is 27.9 Å². The minimum absolute atomic E-state index is 0.0732. The summed E-state index contributed by atoms with van der Waals surface area (Å²) in [7, 11) is 0. The maximum Gasteiger partial charge on any atom is 0.425 e. The molecule has 1 saturated heterocycles. The van der Waals surface area contributed by atoms with Crippen LogP contribution in [0.25, 0.3) is 11.1 Å². The zero-order chi connectivity index (χ0) is 19.6. The van der Waals surface area contributed by atoms with Crippen LogP contribution in [0.1, 0.15) is 38.3 Å². The van der Waals surface area contributed by atoms with Gasteiger partial charge >= 0.3 is 6.18 Å². The number of likely N-dealkylation sites (tertiary alicyclic amines) is 1. The number of hydrogen-bond acceptors (Lipinski definition) is 3. The van der Waals surface area contributed by atoms with Gasteiger partial charge in [0.05, 0.1) is 0 Å². The van der Waals surface area contributed by atoms with Crippen molar-refractivity contribution in [3.05, 3.63) is 58.7 Å². The standard InChI is InChI=1S/C19H15F3N2O3/c20-19(21,22)18(27)13-5-2-1-4-11(13)15-12(16(23)25)8-10(9-14(15)18)17(26)24-6-3-7-24/h1-2,4-5,8-9,27H,3,6-7H2,(H2,23,25). The number of amides is 2. The highest BCUT2D eigenvalue weighted by Gasteiger charge is 2.61. The molecule has 2 aliphatic rings. The van der Waals surface area contributed by atoms with Gasteiger partial charge in [-0.2, -0.15) is 13.2 Å². The molecule has 1 unspecified atom stereocenters. The highest BCUT2D eigenvalue weighted by atomic mass is 19.4. The third kappa shape index (κ3) is 2.29. The van der Waals surface area contributed by atoms with Gasteiger partial charge in [0.15, 0.2) is 0 Å². The molecule has 27 heavy (non-hydrogen) atoms. The molecule has 0 spiro atoms. The molecular formula is C19H15F3N2O3. The zero-order valence-corrected chi connectivity index (χ0v) is 14.0. The number of hydrogen-bond donors (Lipinski definition) is 2. The van der Waals surface area contributed by atoms with Gasteiger partial charge in [-0.1, -0.05) is 24.3 Å². The number of nitrogens with two attached hydrogens (primary N) is 1. The summed E-state index contributed by atoms with van der Waals surface area (Å²) in [5.41, 5.74) is 0.821. The largest absolute Gasteiger partial charge is 0.425 e. The Morgan fingerprint density at radius 1 is 1.11 bits per heavy atom. The Morgan fingerprint density at radius 3 is 2.33 bits per heavy atom. The fraction of sp³-hybridized carbons (Fsp3) is 0.263. The third-order valence-corrected chi connectivity index (χ3v) is 5.18. The number of alkyl halides is 3. The normalized spacial score (nSPS) is 20.7. The molecule has 2 aromatic carbocycles. The Balaban J connectivity index is 2.04. The summed E-state index contributed by atoms with van der Waals surface area (Å²) < 4.78 is 41.8. The smallest absolute Gasteiger partial charge is 0.372 e. The molecule has 0 radical (unpaired) electrons. The summed E-state index contributed by atoms with van der Waals surface area (Å²) in [6, 6.07) is 7.66. The average molecular weight is 376 g/mol. The monoisotopic (exact) mass is 376 g/mol. The number of primary amides is 1. The van der Waals surface area contributed by atoms with Crippen LogP contribution in [0.2, 0.25) is 0 Å². The van der Waals surface area contributed by atoms with Gasteiger partial charge in [0.2, 0.25) is 11.5 Å². The minimum atomic E-state index is -5.05. The van der Waals surface area contributed by atoms with E-state index < -0.39 is 29.2 Å². The van der Waals surface area contributed by atoms with Crippen LogP contribution in [0.3, 0.4) is 0 Å². The molecule has 0 aromatic heterocycles. The van der Waals surface area contributed by atoms with Crippen LogP contribution in [0, 0.1) is 0 Å². The van der Waals surface area contributed by atoms with Crippen molar-refractivity contribution in [2.75, 3.05) is 13.1 Å². The van der Waals surface area contributed by atoms with Crippen molar-refractivity contribution in [1.29, 1.82) is 0 Å². The molecule has 1 atom stereocenters. The number of aliphatic hydroxyl groups is 1. The maximum atomic E-state index is 13.9. The van der Waals surface area contributed by atoms with Gasteiger partial charge < -0.3 is 15.7 Å². The lowest BCUT2D eigenvalue weighted by atomic mass is 9.88. The number of rotatable bonds is 2. The van der Waals surface area contributed by atoms with Crippen LogP contribution in [-0.4, -0.2) is 41.1 Å². The van der Waals surface area contributed by atoms with Crippen LogP contribution in [0.15, 0.2) is 36.4 Å². The van der Waals surface area contributed by atoms with Crippen LogP contribution >= 0.6 is 0 Å². The predicted octanol–water partition coefficient (Wildman–Crippen LogP) is 2.41. The Labute approximate surface area is 152 Å². The minimum Gasteiger partial charge on any atom is -0.372 e. The number of benzene rings is 2. The van der Waals surface area contributed by atoms with E-state index in [1.165, 1.54) is 29.2 Å². The van der Waals surface area contributed by atoms with E-state index in [-0.39, 0.29) is 27.8 Å². The third-order valence-electron chi connectivity index (χ3n) is 5.18. The molecule has 2 amide bonds. The SMILES string of the molecule is NC(=O)c1cc(C(=O)N2CCC2)cc2c1-c1ccccc1C2(O)C(F)(F)F. The molecule has 0 bridgehead atoms. The summed E-state index contributed by atoms with van der Waals surface area (Å²) in [4.78, 5) is 26.0. The van der Waals surface area contributed by atoms with E-state index in [9.17, 15) is 27.9 Å². The van der Waals surface area contributed by atoms with Gasteiger partial charge in [-0.05, 0) is 24.1 Å². The van der Waals surface area contributed by atoms with Crippen LogP contribution < -0.4 is 5.73 Å². The summed E-state index contributed by atoms with van der Waals surface area (Å²) >= 11 is 0. The molecule has 8 heteroatoms. The van der Waals surface area contributed by atoms with Gasteiger partial charge in [-0.25, -0.2) is 0 Å². The fourth-order valence-corrected chi connectivity index (χ4v) is 3.70. The molecule has 4 rings (SSSR count). The van der Waals surface area contributed by atoms with E-state index in [0.29, 0.717) is 13.1 Å². The van der Waals surface area contributed by atoms with Gasteiger partial charge in [-0.3, -0.25) is 9.59 Å². The first-order valence-electron chi connectivity index (χ1n) is 8.33. The summed E-state index contributed by atoms with van der Waals surface area (Å²) in [5.74, 6) is -1.46. The van der Waals surface area contributed by atoms with Crippen molar-refractivity contribution in [1.82, 2.24) is 4.90 Å². The topological polar surface area (TPSA) is 83.6 Å². The van der Waals surface area contributed by atoms with Crippen molar-refractivity contribution in [2.45, 2.75) is 18.2 Å². The van der Waals surface area contributed by atoms with Crippen LogP contribution in [-0.2, 0) is 5.60 Å². The first kappa shape index (κ1) is 17.5. The summed E-state index contributed by atoms with van der Waals surface area (Å²) in [6.07, 6.45) is -4.25. The number of nitrogens with zero attached hydrogens (tertiary/aromatic N) is 1. The van der Waals surface area contributed by atoms with Gasteiger partial charge in [0, 0.05) is 40.9 Å². The lowest BCUT2D eigenvalue weighted by molar-refractivity contribution is -0.246. The van der Waals surface area contributed by atoms with E-state index in [2.05, 4.69) is 0 Å². The van der Waals surface area contributed by atoms with Gasteiger partial charge in [-0.15, -0.1) is 0 Å². The number of fused-ring (bicyclic) bond motifs is 3. The Hall–Kier alpha value is -2.87. The predicted molar refractivity (Wildman–Crippen MR) is 90.0 cm³/mol. The average Bonchev–Trinajstić information content (AvgIpc) is 2.83. The van der Waals surface area contributed by atoms with E-state index in [4.69, 9.17) is 5.73 Å². The highest BCUT2D eigenvalue weighted by Crippen LogP contribution is 2.56. The molecule has 140 valence electrons. The van der Waals surface area contributed by atoms with E-state index in [1.807, 2.05) is 0 Å². The quantitative estimate of drug-likeness (QED) is 0.844. The van der Waals surface area contributed by atoms with Crippen molar-refractivity contribution >= 4 is 11.8 Å². The van der Waals surface area contributed by atoms with Crippen LogP contribution in [0.5, 0.6) is 0 Å².